The number of amides is 1. The second kappa shape index (κ2) is 6.97. The van der Waals surface area contributed by atoms with Gasteiger partial charge in [-0.3, -0.25) is 4.79 Å². The van der Waals surface area contributed by atoms with Crippen LogP contribution in [0.25, 0.3) is 0 Å². The average molecular weight is 342 g/mol. The van der Waals surface area contributed by atoms with Crippen LogP contribution in [-0.4, -0.2) is 73.6 Å². The van der Waals surface area contributed by atoms with Gasteiger partial charge in [0.25, 0.3) is 5.91 Å². The van der Waals surface area contributed by atoms with E-state index in [-0.39, 0.29) is 43.4 Å². The molecule has 1 aromatic carbocycles. The van der Waals surface area contributed by atoms with E-state index in [1.54, 1.807) is 0 Å². The first kappa shape index (κ1) is 17.2. The Balaban J connectivity index is 1.83. The van der Waals surface area contributed by atoms with E-state index in [1.807, 2.05) is 0 Å². The number of phenols is 1. The third-order valence-electron chi connectivity index (χ3n) is 3.47. The Labute approximate surface area is 134 Å². The summed E-state index contributed by atoms with van der Waals surface area (Å²) in [4.78, 5) is 25.2. The first-order chi connectivity index (χ1) is 10.8. The Morgan fingerprint density at radius 1 is 1.22 bits per heavy atom. The Morgan fingerprint density at radius 3 is 2.43 bits per heavy atom. The SMILES string of the molecule is CS(=O)(=O)N1CCN(C(=O)COC(=O)c2cccc(O)c2)CC1. The lowest BCUT2D eigenvalue weighted by atomic mass is 10.2. The van der Waals surface area contributed by atoms with Gasteiger partial charge in [-0.05, 0) is 18.2 Å². The maximum absolute atomic E-state index is 12.0. The fraction of sp³-hybridized carbons (Fsp3) is 0.429. The van der Waals surface area contributed by atoms with Crippen LogP contribution in [-0.2, 0) is 19.6 Å². The summed E-state index contributed by atoms with van der Waals surface area (Å²) in [6.07, 6.45) is 1.13. The molecule has 1 amide bonds. The molecule has 0 bridgehead atoms. The number of piperazine rings is 1. The van der Waals surface area contributed by atoms with E-state index < -0.39 is 22.6 Å². The lowest BCUT2D eigenvalue weighted by Crippen LogP contribution is -2.51. The van der Waals surface area contributed by atoms with Crippen molar-refractivity contribution >= 4 is 21.9 Å². The molecule has 8 nitrogen and oxygen atoms in total. The van der Waals surface area contributed by atoms with E-state index in [2.05, 4.69) is 0 Å². The monoisotopic (exact) mass is 342 g/mol. The molecule has 0 atom stereocenters. The predicted molar refractivity (Wildman–Crippen MR) is 81.4 cm³/mol. The molecular weight excluding hydrogens is 324 g/mol. The molecule has 1 aliphatic rings. The van der Waals surface area contributed by atoms with Crippen molar-refractivity contribution in [2.75, 3.05) is 39.0 Å². The number of aromatic hydroxyl groups is 1. The summed E-state index contributed by atoms with van der Waals surface area (Å²) < 4.78 is 29.0. The summed E-state index contributed by atoms with van der Waals surface area (Å²) in [5, 5.41) is 9.30. The van der Waals surface area contributed by atoms with Crippen LogP contribution in [0.1, 0.15) is 10.4 Å². The van der Waals surface area contributed by atoms with E-state index in [0.29, 0.717) is 0 Å². The molecule has 1 heterocycles. The second-order valence-corrected chi connectivity index (χ2v) is 7.15. The summed E-state index contributed by atoms with van der Waals surface area (Å²) in [6.45, 7) is 0.550. The molecule has 1 aromatic rings. The van der Waals surface area contributed by atoms with Gasteiger partial charge in [-0.25, -0.2) is 13.2 Å². The van der Waals surface area contributed by atoms with Crippen LogP contribution in [0.15, 0.2) is 24.3 Å². The molecule has 126 valence electrons. The molecule has 0 aliphatic carbocycles. The molecule has 23 heavy (non-hydrogen) atoms. The number of hydrogen-bond acceptors (Lipinski definition) is 6. The van der Waals surface area contributed by atoms with Gasteiger partial charge < -0.3 is 14.7 Å². The molecule has 0 saturated carbocycles. The fourth-order valence-electron chi connectivity index (χ4n) is 2.20. The molecule has 1 N–H and O–H groups in total. The van der Waals surface area contributed by atoms with E-state index in [1.165, 1.54) is 33.5 Å². The summed E-state index contributed by atoms with van der Waals surface area (Å²) in [6, 6.07) is 5.64. The minimum absolute atomic E-state index is 0.0670. The third kappa shape index (κ3) is 4.67. The number of sulfonamides is 1. The molecule has 2 rings (SSSR count). The number of nitrogens with zero attached hydrogens (tertiary/aromatic N) is 2. The highest BCUT2D eigenvalue weighted by molar-refractivity contribution is 7.88. The maximum Gasteiger partial charge on any atom is 0.338 e. The maximum atomic E-state index is 12.0. The Kier molecular flexibility index (Phi) is 5.22. The van der Waals surface area contributed by atoms with Gasteiger partial charge in [-0.15, -0.1) is 0 Å². The highest BCUT2D eigenvalue weighted by Gasteiger charge is 2.26. The van der Waals surface area contributed by atoms with Gasteiger partial charge in [0.1, 0.15) is 5.75 Å². The predicted octanol–water partition coefficient (Wildman–Crippen LogP) is -0.347. The minimum atomic E-state index is -3.25. The van der Waals surface area contributed by atoms with Gasteiger partial charge in [0.05, 0.1) is 11.8 Å². The number of hydrogen-bond donors (Lipinski definition) is 1. The Hall–Kier alpha value is -2.13. The summed E-state index contributed by atoms with van der Waals surface area (Å²) in [7, 11) is -3.25. The zero-order chi connectivity index (χ0) is 17.0. The van der Waals surface area contributed by atoms with Crippen molar-refractivity contribution in [3.63, 3.8) is 0 Å². The number of phenolic OH excluding ortho intramolecular Hbond substituents is 1. The topological polar surface area (TPSA) is 104 Å². The molecule has 1 aliphatic heterocycles. The third-order valence-corrected chi connectivity index (χ3v) is 4.77. The highest BCUT2D eigenvalue weighted by Crippen LogP contribution is 2.12. The smallest absolute Gasteiger partial charge is 0.338 e. The van der Waals surface area contributed by atoms with Crippen LogP contribution in [0.2, 0.25) is 0 Å². The minimum Gasteiger partial charge on any atom is -0.508 e. The first-order valence-electron chi connectivity index (χ1n) is 6.96. The zero-order valence-corrected chi connectivity index (χ0v) is 13.5. The second-order valence-electron chi connectivity index (χ2n) is 5.17. The molecule has 0 unspecified atom stereocenters. The van der Waals surface area contributed by atoms with Crippen LogP contribution in [0, 0.1) is 0 Å². The largest absolute Gasteiger partial charge is 0.508 e. The van der Waals surface area contributed by atoms with Crippen molar-refractivity contribution < 1.29 is 27.9 Å². The van der Waals surface area contributed by atoms with Crippen LogP contribution in [0.3, 0.4) is 0 Å². The molecule has 1 fully saturated rings. The van der Waals surface area contributed by atoms with Gasteiger partial charge in [0, 0.05) is 26.2 Å². The molecule has 0 spiro atoms. The summed E-state index contributed by atoms with van der Waals surface area (Å²) >= 11 is 0. The van der Waals surface area contributed by atoms with Crippen LogP contribution in [0.5, 0.6) is 5.75 Å². The number of benzene rings is 1. The quantitative estimate of drug-likeness (QED) is 0.750. The van der Waals surface area contributed by atoms with E-state index in [0.717, 1.165) is 6.26 Å². The number of rotatable bonds is 4. The van der Waals surface area contributed by atoms with Crippen molar-refractivity contribution in [2.45, 2.75) is 0 Å². The van der Waals surface area contributed by atoms with Crippen molar-refractivity contribution in [1.29, 1.82) is 0 Å². The molecule has 1 saturated heterocycles. The Morgan fingerprint density at radius 2 is 1.87 bits per heavy atom. The number of ether oxygens (including phenoxy) is 1. The molecule has 0 radical (unpaired) electrons. The first-order valence-corrected chi connectivity index (χ1v) is 8.81. The Bertz CT molecular complexity index is 695. The highest BCUT2D eigenvalue weighted by atomic mass is 32.2. The van der Waals surface area contributed by atoms with Crippen LogP contribution >= 0.6 is 0 Å². The van der Waals surface area contributed by atoms with Crippen molar-refractivity contribution in [3.05, 3.63) is 29.8 Å². The molecule has 9 heteroatoms. The average Bonchev–Trinajstić information content (AvgIpc) is 2.51. The van der Waals surface area contributed by atoms with E-state index in [9.17, 15) is 23.1 Å². The fourth-order valence-corrected chi connectivity index (χ4v) is 3.03. The van der Waals surface area contributed by atoms with Gasteiger partial charge in [0.15, 0.2) is 6.61 Å². The summed E-state index contributed by atoms with van der Waals surface area (Å²) in [5.74, 6) is -1.15. The molecular formula is C14H18N2O6S. The lowest BCUT2D eigenvalue weighted by Gasteiger charge is -2.33. The van der Waals surface area contributed by atoms with Gasteiger partial charge in [-0.2, -0.15) is 4.31 Å². The van der Waals surface area contributed by atoms with Gasteiger partial charge >= 0.3 is 5.97 Å². The van der Waals surface area contributed by atoms with Gasteiger partial charge in [0.2, 0.25) is 10.0 Å². The van der Waals surface area contributed by atoms with E-state index in [4.69, 9.17) is 4.74 Å². The molecule has 0 aromatic heterocycles. The van der Waals surface area contributed by atoms with Crippen molar-refractivity contribution in [2.24, 2.45) is 0 Å². The number of carbonyl (C=O) groups excluding carboxylic acids is 2. The van der Waals surface area contributed by atoms with E-state index >= 15 is 0 Å². The zero-order valence-electron chi connectivity index (χ0n) is 12.6. The van der Waals surface area contributed by atoms with Gasteiger partial charge in [-0.1, -0.05) is 6.07 Å². The standard InChI is InChI=1S/C14H18N2O6S/c1-23(20,21)16-7-5-15(6-8-16)13(18)10-22-14(19)11-3-2-4-12(17)9-11/h2-4,9,17H,5-8,10H2,1H3. The summed E-state index contributed by atoms with van der Waals surface area (Å²) in [5.41, 5.74) is 0.152. The normalized spacial score (nSPS) is 16.1. The lowest BCUT2D eigenvalue weighted by molar-refractivity contribution is -0.135. The van der Waals surface area contributed by atoms with Crippen molar-refractivity contribution in [3.8, 4) is 5.75 Å². The van der Waals surface area contributed by atoms with Crippen LogP contribution in [0.4, 0.5) is 0 Å². The number of esters is 1. The van der Waals surface area contributed by atoms with Crippen LogP contribution < -0.4 is 0 Å². The number of carbonyl (C=O) groups is 2. The van der Waals surface area contributed by atoms with Crippen molar-refractivity contribution in [1.82, 2.24) is 9.21 Å².